The summed E-state index contributed by atoms with van der Waals surface area (Å²) < 4.78 is 45.1. The summed E-state index contributed by atoms with van der Waals surface area (Å²) in [4.78, 5) is 26.5. The zero-order chi connectivity index (χ0) is 20.1. The van der Waals surface area contributed by atoms with Crippen molar-refractivity contribution < 1.29 is 27.1 Å². The predicted molar refractivity (Wildman–Crippen MR) is 99.1 cm³/mol. The molecule has 0 radical (unpaired) electrons. The molecule has 1 heterocycles. The molecule has 0 saturated heterocycles. The van der Waals surface area contributed by atoms with Gasteiger partial charge >= 0.3 is 5.97 Å². The van der Waals surface area contributed by atoms with E-state index in [1.54, 1.807) is 18.3 Å². The number of nitrogens with one attached hydrogen (secondary N) is 2. The zero-order valence-electron chi connectivity index (χ0n) is 14.4. The maximum absolute atomic E-state index is 12.9. The lowest BCUT2D eigenvalue weighted by atomic mass is 10.2. The normalized spacial score (nSPS) is 11.0. The lowest BCUT2D eigenvalue weighted by molar-refractivity contribution is 0.0473. The Balaban J connectivity index is 1.71. The summed E-state index contributed by atoms with van der Waals surface area (Å²) in [5.41, 5.74) is 0.444. The minimum atomic E-state index is -4.00. The van der Waals surface area contributed by atoms with Crippen LogP contribution in [0.2, 0.25) is 0 Å². The first-order valence-corrected chi connectivity index (χ1v) is 9.56. The van der Waals surface area contributed by atoms with Gasteiger partial charge in [0, 0.05) is 11.9 Å². The summed E-state index contributed by atoms with van der Waals surface area (Å²) >= 11 is 0. The van der Waals surface area contributed by atoms with E-state index < -0.39 is 34.2 Å². The number of H-pyrrole nitrogens is 1. The van der Waals surface area contributed by atoms with Crippen molar-refractivity contribution in [1.82, 2.24) is 4.98 Å². The van der Waals surface area contributed by atoms with Gasteiger partial charge in [-0.2, -0.15) is 0 Å². The Morgan fingerprint density at radius 1 is 1.04 bits per heavy atom. The molecule has 0 spiro atoms. The third-order valence-corrected chi connectivity index (χ3v) is 5.09. The van der Waals surface area contributed by atoms with Crippen molar-refractivity contribution >= 4 is 27.5 Å². The molecule has 0 amide bonds. The van der Waals surface area contributed by atoms with Crippen molar-refractivity contribution in [2.24, 2.45) is 0 Å². The SMILES string of the molecule is O=C(OCC(=O)c1ccc[nH]1)c1cccc(S(=O)(=O)Nc2ccc(F)cc2)c1. The molecule has 0 saturated carbocycles. The van der Waals surface area contributed by atoms with Gasteiger partial charge in [-0.25, -0.2) is 17.6 Å². The molecule has 2 aromatic carbocycles. The van der Waals surface area contributed by atoms with Crippen molar-refractivity contribution in [3.8, 4) is 0 Å². The molecule has 2 N–H and O–H groups in total. The summed E-state index contributed by atoms with van der Waals surface area (Å²) in [6.45, 7) is -0.482. The number of hydrogen-bond donors (Lipinski definition) is 2. The highest BCUT2D eigenvalue weighted by Gasteiger charge is 2.18. The molecule has 0 aliphatic heterocycles. The van der Waals surface area contributed by atoms with Crippen LogP contribution in [0.25, 0.3) is 0 Å². The van der Waals surface area contributed by atoms with Crippen LogP contribution in [0, 0.1) is 5.82 Å². The molecule has 0 fully saturated rings. The van der Waals surface area contributed by atoms with Crippen molar-refractivity contribution in [3.63, 3.8) is 0 Å². The van der Waals surface area contributed by atoms with E-state index >= 15 is 0 Å². The molecular weight excluding hydrogens is 387 g/mol. The van der Waals surface area contributed by atoms with Gasteiger partial charge in [0.2, 0.25) is 5.78 Å². The summed E-state index contributed by atoms with van der Waals surface area (Å²) in [7, 11) is -4.00. The molecule has 7 nitrogen and oxygen atoms in total. The number of halogens is 1. The second-order valence-corrected chi connectivity index (χ2v) is 7.41. The number of aromatic amines is 1. The molecule has 0 atom stereocenters. The predicted octanol–water partition coefficient (Wildman–Crippen LogP) is 2.99. The third-order valence-electron chi connectivity index (χ3n) is 3.71. The average Bonchev–Trinajstić information content (AvgIpc) is 3.22. The van der Waals surface area contributed by atoms with E-state index in [0.717, 1.165) is 18.2 Å². The first-order valence-electron chi connectivity index (χ1n) is 8.07. The summed E-state index contributed by atoms with van der Waals surface area (Å²) in [5, 5.41) is 0. The Bertz CT molecular complexity index is 1090. The highest BCUT2D eigenvalue weighted by Crippen LogP contribution is 2.18. The van der Waals surface area contributed by atoms with Gasteiger partial charge in [-0.3, -0.25) is 9.52 Å². The van der Waals surface area contributed by atoms with Crippen molar-refractivity contribution in [2.75, 3.05) is 11.3 Å². The van der Waals surface area contributed by atoms with Crippen molar-refractivity contribution in [3.05, 3.63) is 83.9 Å². The highest BCUT2D eigenvalue weighted by atomic mass is 32.2. The maximum atomic E-state index is 12.9. The molecule has 28 heavy (non-hydrogen) atoms. The van der Waals surface area contributed by atoms with Gasteiger partial charge in [-0.1, -0.05) is 6.07 Å². The van der Waals surface area contributed by atoms with Crippen LogP contribution in [0.1, 0.15) is 20.8 Å². The fourth-order valence-corrected chi connectivity index (χ4v) is 3.42. The van der Waals surface area contributed by atoms with Crippen molar-refractivity contribution in [2.45, 2.75) is 4.90 Å². The van der Waals surface area contributed by atoms with Crippen LogP contribution in [-0.2, 0) is 14.8 Å². The minimum Gasteiger partial charge on any atom is -0.454 e. The third kappa shape index (κ3) is 4.63. The Labute approximate surface area is 160 Å². The number of aromatic nitrogens is 1. The standard InChI is InChI=1S/C19H15FN2O5S/c20-14-6-8-15(9-7-14)22-28(25,26)16-4-1-3-13(11-16)19(24)27-12-18(23)17-5-2-10-21-17/h1-11,21-22H,12H2. The Morgan fingerprint density at radius 3 is 2.46 bits per heavy atom. The van der Waals surface area contributed by atoms with Gasteiger partial charge in [0.05, 0.1) is 16.2 Å². The Kier molecular flexibility index (Phi) is 5.55. The van der Waals surface area contributed by atoms with Crippen LogP contribution < -0.4 is 4.72 Å². The van der Waals surface area contributed by atoms with Crippen LogP contribution in [0.4, 0.5) is 10.1 Å². The largest absolute Gasteiger partial charge is 0.454 e. The first-order chi connectivity index (χ1) is 13.3. The van der Waals surface area contributed by atoms with E-state index in [-0.39, 0.29) is 16.1 Å². The first kappa shape index (κ1) is 19.3. The lowest BCUT2D eigenvalue weighted by Crippen LogP contribution is -2.16. The maximum Gasteiger partial charge on any atom is 0.338 e. The lowest BCUT2D eigenvalue weighted by Gasteiger charge is -2.09. The molecule has 1 aromatic heterocycles. The Morgan fingerprint density at radius 2 is 1.79 bits per heavy atom. The van der Waals surface area contributed by atoms with Gasteiger partial charge in [0.1, 0.15) is 5.82 Å². The number of carbonyl (C=O) groups excluding carboxylic acids is 2. The van der Waals surface area contributed by atoms with Crippen LogP contribution >= 0.6 is 0 Å². The second kappa shape index (κ2) is 8.05. The number of rotatable bonds is 7. The van der Waals surface area contributed by atoms with Crippen molar-refractivity contribution in [1.29, 1.82) is 0 Å². The number of esters is 1. The van der Waals surface area contributed by atoms with E-state index in [1.807, 2.05) is 0 Å². The number of carbonyl (C=O) groups is 2. The fraction of sp³-hybridized carbons (Fsp3) is 0.0526. The van der Waals surface area contributed by atoms with Gasteiger partial charge in [0.25, 0.3) is 10.0 Å². The molecular formula is C19H15FN2O5S. The molecule has 3 rings (SSSR count). The summed E-state index contributed by atoms with van der Waals surface area (Å²) in [6, 6.07) is 13.1. The molecule has 3 aromatic rings. The minimum absolute atomic E-state index is 0.0266. The summed E-state index contributed by atoms with van der Waals surface area (Å²) in [5.74, 6) is -1.75. The van der Waals surface area contributed by atoms with E-state index in [4.69, 9.17) is 4.74 Å². The van der Waals surface area contributed by atoms with Crippen LogP contribution in [0.15, 0.2) is 71.8 Å². The monoisotopic (exact) mass is 402 g/mol. The average molecular weight is 402 g/mol. The quantitative estimate of drug-likeness (QED) is 0.467. The van der Waals surface area contributed by atoms with E-state index in [9.17, 15) is 22.4 Å². The van der Waals surface area contributed by atoms with Crippen LogP contribution in [0.3, 0.4) is 0 Å². The molecule has 0 aliphatic carbocycles. The number of sulfonamides is 1. The number of ether oxygens (including phenoxy) is 1. The van der Waals surface area contributed by atoms with Gasteiger partial charge in [-0.05, 0) is 54.6 Å². The van der Waals surface area contributed by atoms with E-state index in [2.05, 4.69) is 9.71 Å². The summed E-state index contributed by atoms with van der Waals surface area (Å²) in [6.07, 6.45) is 1.57. The molecule has 0 bridgehead atoms. The van der Waals surface area contributed by atoms with Gasteiger partial charge in [0.15, 0.2) is 6.61 Å². The van der Waals surface area contributed by atoms with Gasteiger partial charge in [-0.15, -0.1) is 0 Å². The van der Waals surface area contributed by atoms with Crippen LogP contribution in [0.5, 0.6) is 0 Å². The molecule has 0 aliphatic rings. The Hall–Kier alpha value is -3.46. The molecule has 144 valence electrons. The molecule has 0 unspecified atom stereocenters. The second-order valence-electron chi connectivity index (χ2n) is 5.72. The topological polar surface area (TPSA) is 105 Å². The number of benzene rings is 2. The smallest absolute Gasteiger partial charge is 0.338 e. The molecule has 9 heteroatoms. The number of hydrogen-bond acceptors (Lipinski definition) is 5. The zero-order valence-corrected chi connectivity index (χ0v) is 15.2. The fourth-order valence-electron chi connectivity index (χ4n) is 2.32. The van der Waals surface area contributed by atoms with E-state index in [0.29, 0.717) is 5.69 Å². The number of anilines is 1. The highest BCUT2D eigenvalue weighted by molar-refractivity contribution is 7.92. The van der Waals surface area contributed by atoms with Gasteiger partial charge < -0.3 is 9.72 Å². The van der Waals surface area contributed by atoms with Crippen LogP contribution in [-0.4, -0.2) is 31.8 Å². The number of ketones is 1. The number of Topliss-reactive ketones (excluding diaryl/α,β-unsaturated/α-hetero) is 1. The van der Waals surface area contributed by atoms with E-state index in [1.165, 1.54) is 30.3 Å².